The quantitative estimate of drug-likeness (QED) is 0.846. The molecule has 1 amide bonds. The van der Waals surface area contributed by atoms with Gasteiger partial charge in [0.2, 0.25) is 0 Å². The van der Waals surface area contributed by atoms with Gasteiger partial charge in [-0.3, -0.25) is 4.79 Å². The summed E-state index contributed by atoms with van der Waals surface area (Å²) in [6.45, 7) is 1.64. The predicted octanol–water partition coefficient (Wildman–Crippen LogP) is 2.98. The summed E-state index contributed by atoms with van der Waals surface area (Å²) >= 11 is 0. The number of aryl methyl sites for hydroxylation is 1. The fourth-order valence-electron chi connectivity index (χ4n) is 1.78. The van der Waals surface area contributed by atoms with Crippen molar-refractivity contribution in [1.29, 1.82) is 0 Å². The molecule has 2 rings (SSSR count). The number of hydrogen-bond acceptors (Lipinski definition) is 3. The van der Waals surface area contributed by atoms with E-state index in [2.05, 4.69) is 5.32 Å². The summed E-state index contributed by atoms with van der Waals surface area (Å²) in [5, 5.41) is 2.70. The lowest BCUT2D eigenvalue weighted by Crippen LogP contribution is -2.12. The van der Waals surface area contributed by atoms with Crippen LogP contribution in [0.3, 0.4) is 0 Å². The first-order valence-corrected chi connectivity index (χ1v) is 6.02. The highest BCUT2D eigenvalue weighted by molar-refractivity contribution is 6.04. The number of carbonyl (C=O) groups excluding carboxylic acids is 1. The van der Waals surface area contributed by atoms with Gasteiger partial charge in [-0.25, -0.2) is 4.39 Å². The number of methoxy groups -OCH3 is 1. The minimum absolute atomic E-state index is 0.308. The lowest BCUT2D eigenvalue weighted by molar-refractivity contribution is 0.102. The molecule has 3 N–H and O–H groups in total. The van der Waals surface area contributed by atoms with Crippen molar-refractivity contribution in [1.82, 2.24) is 0 Å². The van der Waals surface area contributed by atoms with Crippen LogP contribution in [-0.2, 0) is 0 Å². The van der Waals surface area contributed by atoms with Crippen LogP contribution >= 0.6 is 0 Å². The van der Waals surface area contributed by atoms with Crippen molar-refractivity contribution < 1.29 is 13.9 Å². The molecule has 0 atom stereocenters. The highest BCUT2D eigenvalue weighted by Gasteiger charge is 2.10. The maximum absolute atomic E-state index is 13.2. The molecular weight excluding hydrogens is 259 g/mol. The van der Waals surface area contributed by atoms with E-state index in [4.69, 9.17) is 10.5 Å². The SMILES string of the molecule is COc1cc(C(=O)Nc2ccc(F)c(C)c2)ccc1N. The Morgan fingerprint density at radius 3 is 2.65 bits per heavy atom. The van der Waals surface area contributed by atoms with Crippen LogP contribution in [0.1, 0.15) is 15.9 Å². The summed E-state index contributed by atoms with van der Waals surface area (Å²) in [5.41, 5.74) is 7.57. The van der Waals surface area contributed by atoms with Crippen molar-refractivity contribution in [3.63, 3.8) is 0 Å². The minimum atomic E-state index is -0.311. The molecule has 0 aliphatic carbocycles. The number of nitrogens with two attached hydrogens (primary N) is 1. The molecule has 0 radical (unpaired) electrons. The normalized spacial score (nSPS) is 10.2. The van der Waals surface area contributed by atoms with Crippen LogP contribution in [0.4, 0.5) is 15.8 Å². The molecule has 0 fully saturated rings. The van der Waals surface area contributed by atoms with Gasteiger partial charge >= 0.3 is 0 Å². The molecule has 4 nitrogen and oxygen atoms in total. The fraction of sp³-hybridized carbons (Fsp3) is 0.133. The maximum Gasteiger partial charge on any atom is 0.255 e. The minimum Gasteiger partial charge on any atom is -0.495 e. The Morgan fingerprint density at radius 2 is 2.00 bits per heavy atom. The van der Waals surface area contributed by atoms with E-state index >= 15 is 0 Å². The van der Waals surface area contributed by atoms with Crippen LogP contribution in [0, 0.1) is 12.7 Å². The van der Waals surface area contributed by atoms with Crippen molar-refractivity contribution in [2.24, 2.45) is 0 Å². The zero-order valence-electron chi connectivity index (χ0n) is 11.2. The molecule has 104 valence electrons. The van der Waals surface area contributed by atoms with Crippen molar-refractivity contribution in [2.75, 3.05) is 18.2 Å². The number of nitrogens with one attached hydrogen (secondary N) is 1. The van der Waals surface area contributed by atoms with Gasteiger partial charge in [-0.2, -0.15) is 0 Å². The zero-order valence-corrected chi connectivity index (χ0v) is 11.2. The van der Waals surface area contributed by atoms with E-state index in [1.54, 1.807) is 31.2 Å². The Kier molecular flexibility index (Phi) is 3.89. The van der Waals surface area contributed by atoms with Crippen molar-refractivity contribution in [3.8, 4) is 5.75 Å². The van der Waals surface area contributed by atoms with Gasteiger partial charge in [0, 0.05) is 11.3 Å². The smallest absolute Gasteiger partial charge is 0.255 e. The third-order valence-corrected chi connectivity index (χ3v) is 2.91. The fourth-order valence-corrected chi connectivity index (χ4v) is 1.78. The lowest BCUT2D eigenvalue weighted by atomic mass is 10.1. The van der Waals surface area contributed by atoms with Crippen LogP contribution < -0.4 is 15.8 Å². The third kappa shape index (κ3) is 2.88. The Labute approximate surface area is 116 Å². The number of hydrogen-bond donors (Lipinski definition) is 2. The summed E-state index contributed by atoms with van der Waals surface area (Å²) in [6, 6.07) is 9.15. The van der Waals surface area contributed by atoms with Crippen LogP contribution in [0.5, 0.6) is 5.75 Å². The van der Waals surface area contributed by atoms with Gasteiger partial charge in [-0.1, -0.05) is 0 Å². The van der Waals surface area contributed by atoms with Crippen LogP contribution in [0.15, 0.2) is 36.4 Å². The molecule has 0 aliphatic rings. The van der Waals surface area contributed by atoms with Gasteiger partial charge in [0.25, 0.3) is 5.91 Å². The third-order valence-electron chi connectivity index (χ3n) is 2.91. The van der Waals surface area contributed by atoms with E-state index in [0.717, 1.165) is 0 Å². The highest BCUT2D eigenvalue weighted by atomic mass is 19.1. The van der Waals surface area contributed by atoms with E-state index in [-0.39, 0.29) is 11.7 Å². The average molecular weight is 274 g/mol. The number of carbonyl (C=O) groups is 1. The molecule has 0 spiro atoms. The standard InChI is InChI=1S/C15H15FN2O2/c1-9-7-11(4-5-12(9)16)18-15(19)10-3-6-13(17)14(8-10)20-2/h3-8H,17H2,1-2H3,(H,18,19). The van der Waals surface area contributed by atoms with E-state index in [9.17, 15) is 9.18 Å². The largest absolute Gasteiger partial charge is 0.495 e. The predicted molar refractivity (Wildman–Crippen MR) is 76.5 cm³/mol. The van der Waals surface area contributed by atoms with Crippen LogP contribution in [-0.4, -0.2) is 13.0 Å². The summed E-state index contributed by atoms with van der Waals surface area (Å²) in [5.74, 6) is -0.181. The van der Waals surface area contributed by atoms with Gasteiger partial charge in [0.05, 0.1) is 12.8 Å². The van der Waals surface area contributed by atoms with Gasteiger partial charge < -0.3 is 15.8 Å². The summed E-state index contributed by atoms with van der Waals surface area (Å²) in [6.07, 6.45) is 0. The molecule has 0 bridgehead atoms. The van der Waals surface area contributed by atoms with Crippen molar-refractivity contribution in [2.45, 2.75) is 6.92 Å². The van der Waals surface area contributed by atoms with E-state index in [1.165, 1.54) is 19.2 Å². The molecule has 0 saturated carbocycles. The lowest BCUT2D eigenvalue weighted by Gasteiger charge is -2.09. The summed E-state index contributed by atoms with van der Waals surface area (Å²) in [4.78, 5) is 12.1. The first-order valence-electron chi connectivity index (χ1n) is 6.02. The maximum atomic E-state index is 13.2. The summed E-state index contributed by atoms with van der Waals surface area (Å²) < 4.78 is 18.2. The molecule has 20 heavy (non-hydrogen) atoms. The first kappa shape index (κ1) is 13.9. The van der Waals surface area contributed by atoms with Crippen molar-refractivity contribution in [3.05, 3.63) is 53.3 Å². The number of amides is 1. The first-order chi connectivity index (χ1) is 9.51. The van der Waals surface area contributed by atoms with Gasteiger partial charge in [0.15, 0.2) is 0 Å². The molecule has 2 aromatic rings. The van der Waals surface area contributed by atoms with E-state index < -0.39 is 0 Å². The molecule has 0 heterocycles. The Bertz CT molecular complexity index is 656. The number of halogens is 1. The van der Waals surface area contributed by atoms with E-state index in [1.807, 2.05) is 0 Å². The molecule has 0 aliphatic heterocycles. The van der Waals surface area contributed by atoms with Gasteiger partial charge in [-0.05, 0) is 48.9 Å². The monoisotopic (exact) mass is 274 g/mol. The van der Waals surface area contributed by atoms with Crippen LogP contribution in [0.2, 0.25) is 0 Å². The highest BCUT2D eigenvalue weighted by Crippen LogP contribution is 2.23. The molecule has 0 unspecified atom stereocenters. The van der Waals surface area contributed by atoms with Gasteiger partial charge in [0.1, 0.15) is 11.6 Å². The number of anilines is 2. The molecule has 5 heteroatoms. The number of benzene rings is 2. The molecule has 0 saturated heterocycles. The second-order valence-corrected chi connectivity index (χ2v) is 4.37. The van der Waals surface area contributed by atoms with Crippen molar-refractivity contribution >= 4 is 17.3 Å². The van der Waals surface area contributed by atoms with Gasteiger partial charge in [-0.15, -0.1) is 0 Å². The number of ether oxygens (including phenoxy) is 1. The zero-order chi connectivity index (χ0) is 14.7. The topological polar surface area (TPSA) is 64.3 Å². The average Bonchev–Trinajstić information content (AvgIpc) is 2.43. The van der Waals surface area contributed by atoms with Crippen LogP contribution in [0.25, 0.3) is 0 Å². The second-order valence-electron chi connectivity index (χ2n) is 4.37. The molecular formula is C15H15FN2O2. The second kappa shape index (κ2) is 5.61. The molecule has 2 aromatic carbocycles. The molecule has 0 aromatic heterocycles. The van der Waals surface area contributed by atoms with E-state index in [0.29, 0.717) is 28.3 Å². The Balaban J connectivity index is 2.21. The Hall–Kier alpha value is -2.56. The number of nitrogen functional groups attached to an aromatic ring is 1. The summed E-state index contributed by atoms with van der Waals surface area (Å²) in [7, 11) is 1.48. The number of rotatable bonds is 3. The Morgan fingerprint density at radius 1 is 1.25 bits per heavy atom.